The van der Waals surface area contributed by atoms with Crippen LogP contribution >= 0.6 is 0 Å². The maximum atomic E-state index is 12.2. The Hall–Kier alpha value is -1.58. The van der Waals surface area contributed by atoms with Gasteiger partial charge < -0.3 is 9.47 Å². The minimum absolute atomic E-state index is 0.0508. The van der Waals surface area contributed by atoms with E-state index in [2.05, 4.69) is 6.92 Å². The topological polar surface area (TPSA) is 42.3 Å². The first-order valence-corrected chi connectivity index (χ1v) is 6.55. The maximum Gasteiger partial charge on any atom is 0.253 e. The van der Waals surface area contributed by atoms with Crippen LogP contribution in [0.15, 0.2) is 23.1 Å². The molecule has 1 amide bonds. The van der Waals surface area contributed by atoms with Crippen LogP contribution in [0.4, 0.5) is 0 Å². The van der Waals surface area contributed by atoms with E-state index in [-0.39, 0.29) is 18.0 Å². The van der Waals surface area contributed by atoms with Crippen LogP contribution in [0, 0.1) is 6.92 Å². The van der Waals surface area contributed by atoms with E-state index in [9.17, 15) is 9.59 Å². The first-order chi connectivity index (χ1) is 8.59. The smallest absolute Gasteiger partial charge is 0.253 e. The highest BCUT2D eigenvalue weighted by molar-refractivity contribution is 5.76. The molecule has 0 radical (unpaired) electrons. The van der Waals surface area contributed by atoms with Crippen molar-refractivity contribution in [3.05, 3.63) is 34.2 Å². The van der Waals surface area contributed by atoms with Gasteiger partial charge >= 0.3 is 0 Å². The number of piperidine rings is 1. The molecule has 0 aliphatic carbocycles. The van der Waals surface area contributed by atoms with Gasteiger partial charge in [0.05, 0.1) is 0 Å². The molecule has 1 saturated heterocycles. The Labute approximate surface area is 107 Å². The Morgan fingerprint density at radius 3 is 2.94 bits per heavy atom. The molecule has 2 rings (SSSR count). The van der Waals surface area contributed by atoms with Gasteiger partial charge in [-0.05, 0) is 39.2 Å². The van der Waals surface area contributed by atoms with Gasteiger partial charge in [0.15, 0.2) is 0 Å². The van der Waals surface area contributed by atoms with Crippen molar-refractivity contribution in [1.82, 2.24) is 9.47 Å². The quantitative estimate of drug-likeness (QED) is 0.797. The third kappa shape index (κ3) is 2.63. The summed E-state index contributed by atoms with van der Waals surface area (Å²) in [7, 11) is 0. The molecule has 1 aliphatic rings. The van der Waals surface area contributed by atoms with E-state index < -0.39 is 0 Å². The fourth-order valence-electron chi connectivity index (χ4n) is 2.49. The van der Waals surface area contributed by atoms with Gasteiger partial charge in [-0.25, -0.2) is 0 Å². The highest BCUT2D eigenvalue weighted by Crippen LogP contribution is 2.16. The number of hydrogen-bond acceptors (Lipinski definition) is 2. The van der Waals surface area contributed by atoms with Crippen LogP contribution in [-0.2, 0) is 11.3 Å². The molecule has 0 N–H and O–H groups in total. The van der Waals surface area contributed by atoms with Gasteiger partial charge in [-0.1, -0.05) is 6.07 Å². The van der Waals surface area contributed by atoms with Crippen molar-refractivity contribution in [2.75, 3.05) is 6.54 Å². The number of pyridine rings is 1. The summed E-state index contributed by atoms with van der Waals surface area (Å²) in [5, 5.41) is 0. The van der Waals surface area contributed by atoms with Crippen LogP contribution < -0.4 is 5.56 Å². The standard InChI is InChI=1S/C14H20N2O2/c1-11-6-5-8-15(14(11)18)10-13(17)16-9-4-3-7-12(16)2/h5-6,8,12H,3-4,7,9-10H2,1-2H3/t12-/m1/s1. The van der Waals surface area contributed by atoms with Crippen LogP contribution in [0.25, 0.3) is 0 Å². The predicted molar refractivity (Wildman–Crippen MR) is 70.5 cm³/mol. The van der Waals surface area contributed by atoms with Crippen molar-refractivity contribution in [2.24, 2.45) is 0 Å². The van der Waals surface area contributed by atoms with Gasteiger partial charge in [0.1, 0.15) is 6.54 Å². The molecule has 0 unspecified atom stereocenters. The summed E-state index contributed by atoms with van der Waals surface area (Å²) in [6.45, 7) is 4.83. The van der Waals surface area contributed by atoms with Gasteiger partial charge in [-0.2, -0.15) is 0 Å². The fraction of sp³-hybridized carbons (Fsp3) is 0.571. The Morgan fingerprint density at radius 2 is 2.22 bits per heavy atom. The highest BCUT2D eigenvalue weighted by Gasteiger charge is 2.23. The average molecular weight is 248 g/mol. The number of rotatable bonds is 2. The lowest BCUT2D eigenvalue weighted by Crippen LogP contribution is -2.44. The second-order valence-electron chi connectivity index (χ2n) is 5.06. The molecule has 1 atom stereocenters. The molecule has 1 aromatic rings. The van der Waals surface area contributed by atoms with Crippen molar-refractivity contribution in [2.45, 2.75) is 45.7 Å². The summed E-state index contributed by atoms with van der Waals surface area (Å²) >= 11 is 0. The second-order valence-corrected chi connectivity index (χ2v) is 5.06. The van der Waals surface area contributed by atoms with Crippen molar-refractivity contribution >= 4 is 5.91 Å². The molecule has 0 saturated carbocycles. The van der Waals surface area contributed by atoms with Crippen LogP contribution in [0.5, 0.6) is 0 Å². The molecule has 4 heteroatoms. The molecule has 1 aromatic heterocycles. The molecule has 2 heterocycles. The van der Waals surface area contributed by atoms with Gasteiger partial charge in [0.25, 0.3) is 5.56 Å². The van der Waals surface area contributed by atoms with Crippen molar-refractivity contribution in [3.8, 4) is 0 Å². The van der Waals surface area contributed by atoms with Crippen LogP contribution in [0.1, 0.15) is 31.7 Å². The van der Waals surface area contributed by atoms with E-state index in [1.165, 1.54) is 11.0 Å². The monoisotopic (exact) mass is 248 g/mol. The Morgan fingerprint density at radius 1 is 1.44 bits per heavy atom. The number of hydrogen-bond donors (Lipinski definition) is 0. The van der Waals surface area contributed by atoms with Crippen molar-refractivity contribution < 1.29 is 4.79 Å². The first-order valence-electron chi connectivity index (χ1n) is 6.55. The molecule has 1 aliphatic heterocycles. The van der Waals surface area contributed by atoms with E-state index >= 15 is 0 Å². The Balaban J connectivity index is 2.11. The molecule has 4 nitrogen and oxygen atoms in total. The van der Waals surface area contributed by atoms with E-state index in [0.717, 1.165) is 19.4 Å². The summed E-state index contributed by atoms with van der Waals surface area (Å²) in [4.78, 5) is 26.0. The summed E-state index contributed by atoms with van der Waals surface area (Å²) in [5.41, 5.74) is 0.604. The lowest BCUT2D eigenvalue weighted by atomic mass is 10.0. The molecule has 18 heavy (non-hydrogen) atoms. The second kappa shape index (κ2) is 5.38. The zero-order chi connectivity index (χ0) is 13.1. The van der Waals surface area contributed by atoms with Gasteiger partial charge in [-0.15, -0.1) is 0 Å². The highest BCUT2D eigenvalue weighted by atomic mass is 16.2. The molecular weight excluding hydrogens is 228 g/mol. The van der Waals surface area contributed by atoms with E-state index in [1.54, 1.807) is 19.2 Å². The molecule has 1 fully saturated rings. The van der Waals surface area contributed by atoms with Gasteiger partial charge in [0, 0.05) is 24.3 Å². The number of carbonyl (C=O) groups excluding carboxylic acids is 1. The summed E-state index contributed by atoms with van der Waals surface area (Å²) in [6.07, 6.45) is 5.00. The number of likely N-dealkylation sites (tertiary alicyclic amines) is 1. The molecule has 0 spiro atoms. The number of aromatic nitrogens is 1. The number of carbonyl (C=O) groups is 1. The minimum atomic E-state index is -0.0736. The van der Waals surface area contributed by atoms with Crippen molar-refractivity contribution in [1.29, 1.82) is 0 Å². The molecular formula is C14H20N2O2. The van der Waals surface area contributed by atoms with Crippen LogP contribution in [-0.4, -0.2) is 28.0 Å². The number of nitrogens with zero attached hydrogens (tertiary/aromatic N) is 2. The van der Waals surface area contributed by atoms with E-state index in [1.807, 2.05) is 11.0 Å². The third-order valence-electron chi connectivity index (χ3n) is 3.64. The SMILES string of the molecule is Cc1cccn(CC(=O)N2CCCC[C@H]2C)c1=O. The first kappa shape index (κ1) is 12.9. The molecule has 0 bridgehead atoms. The van der Waals surface area contributed by atoms with E-state index in [0.29, 0.717) is 11.6 Å². The fourth-order valence-corrected chi connectivity index (χ4v) is 2.49. The minimum Gasteiger partial charge on any atom is -0.338 e. The predicted octanol–water partition coefficient (Wildman–Crippen LogP) is 1.56. The summed E-state index contributed by atoms with van der Waals surface area (Å²) in [6, 6.07) is 3.88. The van der Waals surface area contributed by atoms with Crippen LogP contribution in [0.3, 0.4) is 0 Å². The molecule has 98 valence electrons. The summed E-state index contributed by atoms with van der Waals surface area (Å²) < 4.78 is 1.50. The number of amides is 1. The van der Waals surface area contributed by atoms with Crippen molar-refractivity contribution in [3.63, 3.8) is 0 Å². The maximum absolute atomic E-state index is 12.2. The van der Waals surface area contributed by atoms with Gasteiger partial charge in [-0.3, -0.25) is 9.59 Å². The normalized spacial score (nSPS) is 19.9. The Bertz CT molecular complexity index is 493. The lowest BCUT2D eigenvalue weighted by Gasteiger charge is -2.33. The lowest BCUT2D eigenvalue weighted by molar-refractivity contribution is -0.135. The number of aryl methyl sites for hydroxylation is 1. The molecule has 0 aromatic carbocycles. The zero-order valence-electron chi connectivity index (χ0n) is 11.1. The third-order valence-corrected chi connectivity index (χ3v) is 3.64. The largest absolute Gasteiger partial charge is 0.338 e. The average Bonchev–Trinajstić information content (AvgIpc) is 2.35. The van der Waals surface area contributed by atoms with Gasteiger partial charge in [0.2, 0.25) is 5.91 Å². The Kier molecular flexibility index (Phi) is 3.84. The van der Waals surface area contributed by atoms with Crippen LogP contribution in [0.2, 0.25) is 0 Å². The zero-order valence-corrected chi connectivity index (χ0v) is 11.1. The summed E-state index contributed by atoms with van der Waals surface area (Å²) in [5.74, 6) is 0.0508. The van der Waals surface area contributed by atoms with E-state index in [4.69, 9.17) is 0 Å².